The number of hydrogen-bond acceptors (Lipinski definition) is 4. The van der Waals surface area contributed by atoms with Crippen LogP contribution in [0.15, 0.2) is 53.9 Å². The van der Waals surface area contributed by atoms with Crippen molar-refractivity contribution in [2.24, 2.45) is 0 Å². The van der Waals surface area contributed by atoms with Crippen molar-refractivity contribution in [3.63, 3.8) is 0 Å². The Labute approximate surface area is 147 Å². The number of ether oxygens (including phenoxy) is 1. The molecule has 0 atom stereocenters. The molecule has 23 heavy (non-hydrogen) atoms. The fourth-order valence-electron chi connectivity index (χ4n) is 1.97. The Morgan fingerprint density at radius 3 is 2.65 bits per heavy atom. The van der Waals surface area contributed by atoms with Gasteiger partial charge in [0.05, 0.1) is 21.3 Å². The minimum Gasteiger partial charge on any atom is -0.456 e. The summed E-state index contributed by atoms with van der Waals surface area (Å²) in [7, 11) is 0. The molecule has 6 heteroatoms. The number of nitrogens with zero attached hydrogens (tertiary/aromatic N) is 1. The van der Waals surface area contributed by atoms with Crippen LogP contribution in [0.2, 0.25) is 10.0 Å². The zero-order valence-corrected chi connectivity index (χ0v) is 14.2. The van der Waals surface area contributed by atoms with Gasteiger partial charge in [0.25, 0.3) is 0 Å². The number of aromatic nitrogens is 1. The number of hydrogen-bond donors (Lipinski definition) is 0. The third-order valence-electron chi connectivity index (χ3n) is 3.10. The number of carbonyl (C=O) groups excluding carboxylic acids is 1. The lowest BCUT2D eigenvalue weighted by atomic mass is 10.2. The van der Waals surface area contributed by atoms with Gasteiger partial charge in [0.15, 0.2) is 0 Å². The number of halogens is 2. The molecule has 0 spiro atoms. The Morgan fingerprint density at radius 2 is 1.87 bits per heavy atom. The van der Waals surface area contributed by atoms with Gasteiger partial charge in [0.1, 0.15) is 11.6 Å². The summed E-state index contributed by atoms with van der Waals surface area (Å²) < 4.78 is 5.26. The molecule has 0 radical (unpaired) electrons. The fourth-order valence-corrected chi connectivity index (χ4v) is 3.15. The number of esters is 1. The van der Waals surface area contributed by atoms with E-state index >= 15 is 0 Å². The van der Waals surface area contributed by atoms with Crippen molar-refractivity contribution in [3.05, 3.63) is 75.2 Å². The smallest absolute Gasteiger partial charge is 0.340 e. The maximum absolute atomic E-state index is 12.1. The predicted octanol–water partition coefficient (Wildman–Crippen LogP) is 5.47. The number of thiazole rings is 1. The average Bonchev–Trinajstić information content (AvgIpc) is 3.05. The second kappa shape index (κ2) is 7.13. The summed E-state index contributed by atoms with van der Waals surface area (Å²) in [6.07, 6.45) is 0. The maximum atomic E-state index is 12.1. The molecule has 0 bridgehead atoms. The summed E-state index contributed by atoms with van der Waals surface area (Å²) in [5.74, 6) is -0.522. The Bertz CT molecular complexity index is 834. The molecule has 2 aromatic carbocycles. The summed E-state index contributed by atoms with van der Waals surface area (Å²) in [5.41, 5.74) is 1.98. The van der Waals surface area contributed by atoms with E-state index in [1.54, 1.807) is 18.2 Å². The van der Waals surface area contributed by atoms with Gasteiger partial charge in [-0.25, -0.2) is 9.78 Å². The van der Waals surface area contributed by atoms with Crippen molar-refractivity contribution < 1.29 is 9.53 Å². The van der Waals surface area contributed by atoms with Crippen LogP contribution in [0.25, 0.3) is 10.6 Å². The molecular weight excluding hydrogens is 353 g/mol. The van der Waals surface area contributed by atoms with Gasteiger partial charge in [0, 0.05) is 10.9 Å². The Hall–Kier alpha value is -1.88. The van der Waals surface area contributed by atoms with E-state index in [4.69, 9.17) is 27.9 Å². The highest BCUT2D eigenvalue weighted by molar-refractivity contribution is 7.13. The molecule has 0 fully saturated rings. The van der Waals surface area contributed by atoms with Crippen molar-refractivity contribution >= 4 is 40.5 Å². The Balaban J connectivity index is 1.68. The summed E-state index contributed by atoms with van der Waals surface area (Å²) in [6.45, 7) is 0.0883. The third-order valence-corrected chi connectivity index (χ3v) is 4.85. The lowest BCUT2D eigenvalue weighted by Crippen LogP contribution is -2.06. The molecule has 3 rings (SSSR count). The SMILES string of the molecule is O=C(OCc1csc(-c2ccccc2)n1)c1cccc(Cl)c1Cl. The van der Waals surface area contributed by atoms with Crippen LogP contribution in [-0.2, 0) is 11.3 Å². The van der Waals surface area contributed by atoms with Crippen molar-refractivity contribution in [1.29, 1.82) is 0 Å². The molecule has 3 aromatic rings. The topological polar surface area (TPSA) is 39.2 Å². The maximum Gasteiger partial charge on any atom is 0.340 e. The zero-order valence-electron chi connectivity index (χ0n) is 11.8. The minimum atomic E-state index is -0.522. The highest BCUT2D eigenvalue weighted by atomic mass is 35.5. The molecule has 0 aliphatic rings. The molecular formula is C17H11Cl2NO2S. The lowest BCUT2D eigenvalue weighted by molar-refractivity contribution is 0.0468. The van der Waals surface area contributed by atoms with Crippen molar-refractivity contribution in [1.82, 2.24) is 4.98 Å². The molecule has 116 valence electrons. The van der Waals surface area contributed by atoms with Crippen molar-refractivity contribution in [3.8, 4) is 10.6 Å². The van der Waals surface area contributed by atoms with E-state index in [9.17, 15) is 4.79 Å². The normalized spacial score (nSPS) is 10.5. The van der Waals surface area contributed by atoms with Gasteiger partial charge in [0.2, 0.25) is 0 Å². The molecule has 1 aromatic heterocycles. The van der Waals surface area contributed by atoms with Gasteiger partial charge in [-0.05, 0) is 12.1 Å². The van der Waals surface area contributed by atoms with E-state index in [0.29, 0.717) is 10.7 Å². The molecule has 0 aliphatic heterocycles. The molecule has 0 aliphatic carbocycles. The van der Waals surface area contributed by atoms with Gasteiger partial charge in [-0.3, -0.25) is 0 Å². The monoisotopic (exact) mass is 363 g/mol. The van der Waals surface area contributed by atoms with E-state index in [-0.39, 0.29) is 17.2 Å². The minimum absolute atomic E-state index is 0.0883. The summed E-state index contributed by atoms with van der Waals surface area (Å²) in [5, 5.41) is 3.27. The van der Waals surface area contributed by atoms with Crippen LogP contribution in [0.4, 0.5) is 0 Å². The molecule has 0 saturated carbocycles. The van der Waals surface area contributed by atoms with Crippen LogP contribution in [0.3, 0.4) is 0 Å². The van der Waals surface area contributed by atoms with Crippen LogP contribution < -0.4 is 0 Å². The van der Waals surface area contributed by atoms with Gasteiger partial charge >= 0.3 is 5.97 Å². The summed E-state index contributed by atoms with van der Waals surface area (Å²) in [4.78, 5) is 16.5. The van der Waals surface area contributed by atoms with Gasteiger partial charge in [-0.1, -0.05) is 59.6 Å². The fraction of sp³-hybridized carbons (Fsp3) is 0.0588. The lowest BCUT2D eigenvalue weighted by Gasteiger charge is -2.05. The van der Waals surface area contributed by atoms with Gasteiger partial charge in [-0.15, -0.1) is 11.3 Å². The van der Waals surface area contributed by atoms with Crippen LogP contribution in [0.1, 0.15) is 16.1 Å². The highest BCUT2D eigenvalue weighted by Crippen LogP contribution is 2.27. The van der Waals surface area contributed by atoms with E-state index in [0.717, 1.165) is 10.6 Å². The van der Waals surface area contributed by atoms with Crippen molar-refractivity contribution in [2.45, 2.75) is 6.61 Å². The molecule has 0 unspecified atom stereocenters. The van der Waals surface area contributed by atoms with E-state index in [1.165, 1.54) is 11.3 Å². The van der Waals surface area contributed by atoms with Crippen LogP contribution >= 0.6 is 34.5 Å². The van der Waals surface area contributed by atoms with E-state index in [1.807, 2.05) is 35.7 Å². The zero-order chi connectivity index (χ0) is 16.2. The molecule has 0 N–H and O–H groups in total. The van der Waals surface area contributed by atoms with Crippen LogP contribution in [-0.4, -0.2) is 11.0 Å². The van der Waals surface area contributed by atoms with Crippen LogP contribution in [0.5, 0.6) is 0 Å². The number of carbonyl (C=O) groups is 1. The molecule has 0 amide bonds. The second-order valence-corrected chi connectivity index (χ2v) is 6.33. The quantitative estimate of drug-likeness (QED) is 0.576. The summed E-state index contributed by atoms with van der Waals surface area (Å²) in [6, 6.07) is 14.7. The second-order valence-electron chi connectivity index (χ2n) is 4.69. The highest BCUT2D eigenvalue weighted by Gasteiger charge is 2.15. The predicted molar refractivity (Wildman–Crippen MR) is 93.1 cm³/mol. The Kier molecular flexibility index (Phi) is 4.96. The molecule has 0 saturated heterocycles. The molecule has 3 nitrogen and oxygen atoms in total. The first-order valence-electron chi connectivity index (χ1n) is 6.76. The standard InChI is InChI=1S/C17H11Cl2NO2S/c18-14-8-4-7-13(15(14)19)17(21)22-9-12-10-23-16(20-12)11-5-2-1-3-6-11/h1-8,10H,9H2. The van der Waals surface area contributed by atoms with Crippen molar-refractivity contribution in [2.75, 3.05) is 0 Å². The average molecular weight is 364 g/mol. The first-order chi connectivity index (χ1) is 11.1. The van der Waals surface area contributed by atoms with Gasteiger partial charge < -0.3 is 4.74 Å². The van der Waals surface area contributed by atoms with Crippen LogP contribution in [0, 0.1) is 0 Å². The van der Waals surface area contributed by atoms with Gasteiger partial charge in [-0.2, -0.15) is 0 Å². The third kappa shape index (κ3) is 3.72. The van der Waals surface area contributed by atoms with E-state index in [2.05, 4.69) is 4.98 Å². The molecule has 1 heterocycles. The number of rotatable bonds is 4. The number of benzene rings is 2. The first-order valence-corrected chi connectivity index (χ1v) is 8.39. The van der Waals surface area contributed by atoms with E-state index < -0.39 is 5.97 Å². The first kappa shape index (κ1) is 16.0. The largest absolute Gasteiger partial charge is 0.456 e. The summed E-state index contributed by atoms with van der Waals surface area (Å²) >= 11 is 13.4. The Morgan fingerprint density at radius 1 is 1.09 bits per heavy atom.